The molecule has 3 aromatic rings. The number of nitro benzene ring substituents is 1. The quantitative estimate of drug-likeness (QED) is 0.327. The molecule has 3 rings (SSSR count). The van der Waals surface area contributed by atoms with E-state index in [1.54, 1.807) is 24.3 Å². The van der Waals surface area contributed by atoms with Gasteiger partial charge in [0.1, 0.15) is 23.9 Å². The number of hydrazone groups is 1. The topological polar surface area (TPSA) is 107 Å². The van der Waals surface area contributed by atoms with Gasteiger partial charge in [-0.25, -0.2) is 5.43 Å². The van der Waals surface area contributed by atoms with Crippen LogP contribution in [0.1, 0.15) is 21.2 Å². The highest BCUT2D eigenvalue weighted by molar-refractivity contribution is 9.11. The Kier molecular flexibility index (Phi) is 5.99. The van der Waals surface area contributed by atoms with Gasteiger partial charge in [-0.3, -0.25) is 14.9 Å². The summed E-state index contributed by atoms with van der Waals surface area (Å²) >= 11 is 4.60. The number of rotatable bonds is 7. The molecule has 0 aliphatic rings. The van der Waals surface area contributed by atoms with Gasteiger partial charge in [0.25, 0.3) is 11.6 Å². The first-order valence-corrected chi connectivity index (χ1v) is 9.17. The van der Waals surface area contributed by atoms with E-state index >= 15 is 0 Å². The van der Waals surface area contributed by atoms with Crippen LogP contribution in [-0.2, 0) is 6.61 Å². The van der Waals surface area contributed by atoms with Crippen LogP contribution >= 0.6 is 27.3 Å². The molecule has 0 saturated carbocycles. The predicted molar refractivity (Wildman–Crippen MR) is 103 cm³/mol. The molecule has 0 bridgehead atoms. The average Bonchev–Trinajstić information content (AvgIpc) is 3.29. The smallest absolute Gasteiger partial charge is 0.281 e. The number of hydrogen-bond acceptors (Lipinski definition) is 7. The molecule has 2 aromatic heterocycles. The van der Waals surface area contributed by atoms with E-state index in [0.717, 1.165) is 3.79 Å². The second-order valence-electron chi connectivity index (χ2n) is 5.15. The molecule has 1 amide bonds. The van der Waals surface area contributed by atoms with Crippen molar-refractivity contribution in [3.05, 3.63) is 78.8 Å². The second-order valence-corrected chi connectivity index (χ2v) is 7.61. The van der Waals surface area contributed by atoms with Crippen molar-refractivity contribution in [1.82, 2.24) is 5.43 Å². The zero-order valence-electron chi connectivity index (χ0n) is 13.6. The molecule has 0 aliphatic heterocycles. The SMILES string of the molecule is O=C(NN=Cc1ccc(COc2ccc([N+](=O)[O-])cc2)o1)c1ccc(Br)s1. The third-order valence-corrected chi connectivity index (χ3v) is 4.89. The number of nitro groups is 1. The van der Waals surface area contributed by atoms with Crippen molar-refractivity contribution in [2.24, 2.45) is 5.10 Å². The molecule has 0 saturated heterocycles. The number of carbonyl (C=O) groups excluding carboxylic acids is 1. The van der Waals surface area contributed by atoms with Crippen LogP contribution in [0.4, 0.5) is 5.69 Å². The molecule has 0 unspecified atom stereocenters. The lowest BCUT2D eigenvalue weighted by Crippen LogP contribution is -2.15. The fraction of sp³-hybridized carbons (Fsp3) is 0.0588. The molecule has 1 aromatic carbocycles. The van der Waals surface area contributed by atoms with Crippen LogP contribution in [0.5, 0.6) is 5.75 Å². The van der Waals surface area contributed by atoms with E-state index in [-0.39, 0.29) is 18.2 Å². The molecule has 0 radical (unpaired) electrons. The number of nitrogens with one attached hydrogen (secondary N) is 1. The first kappa shape index (κ1) is 18.8. The lowest BCUT2D eigenvalue weighted by molar-refractivity contribution is -0.384. The van der Waals surface area contributed by atoms with Gasteiger partial charge < -0.3 is 9.15 Å². The van der Waals surface area contributed by atoms with Crippen molar-refractivity contribution < 1.29 is 18.9 Å². The van der Waals surface area contributed by atoms with Crippen molar-refractivity contribution in [2.45, 2.75) is 6.61 Å². The summed E-state index contributed by atoms with van der Waals surface area (Å²) in [5, 5.41) is 14.5. The summed E-state index contributed by atoms with van der Waals surface area (Å²) in [5.74, 6) is 1.17. The maximum absolute atomic E-state index is 11.9. The largest absolute Gasteiger partial charge is 0.486 e. The van der Waals surface area contributed by atoms with E-state index in [2.05, 4.69) is 26.5 Å². The number of benzene rings is 1. The normalized spacial score (nSPS) is 10.9. The number of carbonyl (C=O) groups is 1. The summed E-state index contributed by atoms with van der Waals surface area (Å²) < 4.78 is 11.9. The van der Waals surface area contributed by atoms with Crippen LogP contribution < -0.4 is 10.2 Å². The van der Waals surface area contributed by atoms with Gasteiger partial charge in [0.05, 0.1) is 19.8 Å². The Morgan fingerprint density at radius 2 is 2.04 bits per heavy atom. The summed E-state index contributed by atoms with van der Waals surface area (Å²) in [7, 11) is 0. The zero-order valence-corrected chi connectivity index (χ0v) is 16.0. The third-order valence-electron chi connectivity index (χ3n) is 3.27. The average molecular weight is 450 g/mol. The predicted octanol–water partition coefficient (Wildman–Crippen LogP) is 4.35. The van der Waals surface area contributed by atoms with Crippen molar-refractivity contribution in [3.8, 4) is 5.75 Å². The van der Waals surface area contributed by atoms with Crippen LogP contribution in [0.2, 0.25) is 0 Å². The summed E-state index contributed by atoms with van der Waals surface area (Å²) in [5.41, 5.74) is 2.41. The Labute approximate surface area is 165 Å². The van der Waals surface area contributed by atoms with Gasteiger partial charge in [-0.15, -0.1) is 11.3 Å². The highest BCUT2D eigenvalue weighted by Gasteiger charge is 2.08. The third kappa shape index (κ3) is 5.25. The standard InChI is InChI=1S/C17H12BrN3O5S/c18-16-8-7-15(27-16)17(22)20-19-9-13-5-6-14(26-13)10-25-12-3-1-11(2-4-12)21(23)24/h1-9H,10H2,(H,20,22). The van der Waals surface area contributed by atoms with Gasteiger partial charge in [0, 0.05) is 12.1 Å². The number of ether oxygens (including phenoxy) is 1. The molecule has 138 valence electrons. The van der Waals surface area contributed by atoms with E-state index in [0.29, 0.717) is 22.1 Å². The van der Waals surface area contributed by atoms with Gasteiger partial charge in [-0.05, 0) is 52.3 Å². The lowest BCUT2D eigenvalue weighted by Gasteiger charge is -2.03. The molecule has 10 heteroatoms. The van der Waals surface area contributed by atoms with Crippen LogP contribution in [0, 0.1) is 10.1 Å². The van der Waals surface area contributed by atoms with Crippen LogP contribution in [0.25, 0.3) is 0 Å². The molecular formula is C17H12BrN3O5S. The van der Waals surface area contributed by atoms with Crippen molar-refractivity contribution in [3.63, 3.8) is 0 Å². The van der Waals surface area contributed by atoms with Crippen LogP contribution in [-0.4, -0.2) is 17.0 Å². The summed E-state index contributed by atoms with van der Waals surface area (Å²) in [4.78, 5) is 22.5. The fourth-order valence-corrected chi connectivity index (χ4v) is 3.28. The molecule has 27 heavy (non-hydrogen) atoms. The summed E-state index contributed by atoms with van der Waals surface area (Å²) in [6.07, 6.45) is 1.38. The van der Waals surface area contributed by atoms with E-state index in [4.69, 9.17) is 9.15 Å². The lowest BCUT2D eigenvalue weighted by atomic mass is 10.3. The van der Waals surface area contributed by atoms with Crippen molar-refractivity contribution in [2.75, 3.05) is 0 Å². The molecule has 1 N–H and O–H groups in total. The fourth-order valence-electron chi connectivity index (χ4n) is 2.01. The Bertz CT molecular complexity index is 981. The van der Waals surface area contributed by atoms with E-state index in [1.165, 1.54) is 41.8 Å². The number of amides is 1. The number of hydrogen-bond donors (Lipinski definition) is 1. The maximum Gasteiger partial charge on any atom is 0.281 e. The van der Waals surface area contributed by atoms with Crippen LogP contribution in [0.3, 0.4) is 0 Å². The minimum absolute atomic E-state index is 0.00389. The Morgan fingerprint density at radius 1 is 1.26 bits per heavy atom. The number of non-ortho nitro benzene ring substituents is 1. The molecule has 0 fully saturated rings. The highest BCUT2D eigenvalue weighted by atomic mass is 79.9. The minimum atomic E-state index is -0.474. The Hall–Kier alpha value is -2.98. The van der Waals surface area contributed by atoms with Crippen LogP contribution in [0.15, 0.2) is 61.8 Å². The number of nitrogens with zero attached hydrogens (tertiary/aromatic N) is 2. The Balaban J connectivity index is 1.50. The molecular weight excluding hydrogens is 438 g/mol. The number of thiophene rings is 1. The van der Waals surface area contributed by atoms with E-state index in [1.807, 2.05) is 0 Å². The number of halogens is 1. The van der Waals surface area contributed by atoms with Crippen molar-refractivity contribution >= 4 is 45.1 Å². The summed E-state index contributed by atoms with van der Waals surface area (Å²) in [6.45, 7) is 0.154. The Morgan fingerprint density at radius 3 is 2.70 bits per heavy atom. The van der Waals surface area contributed by atoms with E-state index in [9.17, 15) is 14.9 Å². The van der Waals surface area contributed by atoms with E-state index < -0.39 is 4.92 Å². The molecule has 0 spiro atoms. The highest BCUT2D eigenvalue weighted by Crippen LogP contribution is 2.22. The van der Waals surface area contributed by atoms with Gasteiger partial charge >= 0.3 is 0 Å². The van der Waals surface area contributed by atoms with Gasteiger partial charge in [0.2, 0.25) is 0 Å². The number of furan rings is 1. The molecule has 2 heterocycles. The minimum Gasteiger partial charge on any atom is -0.486 e. The molecule has 0 aliphatic carbocycles. The van der Waals surface area contributed by atoms with Gasteiger partial charge in [-0.1, -0.05) is 0 Å². The molecule has 0 atom stereocenters. The molecule has 8 nitrogen and oxygen atoms in total. The zero-order chi connectivity index (χ0) is 19.2. The van der Waals surface area contributed by atoms with Gasteiger partial charge in [0.15, 0.2) is 0 Å². The maximum atomic E-state index is 11.9. The summed E-state index contributed by atoms with van der Waals surface area (Å²) in [6, 6.07) is 12.6. The first-order valence-electron chi connectivity index (χ1n) is 7.56. The first-order chi connectivity index (χ1) is 13.0. The van der Waals surface area contributed by atoms with Crippen molar-refractivity contribution in [1.29, 1.82) is 0 Å². The van der Waals surface area contributed by atoms with Gasteiger partial charge in [-0.2, -0.15) is 5.10 Å². The monoisotopic (exact) mass is 449 g/mol. The second kappa shape index (κ2) is 8.60.